The van der Waals surface area contributed by atoms with Crippen LogP contribution >= 0.6 is 0 Å². The fourth-order valence-electron chi connectivity index (χ4n) is 2.05. The molecule has 21 heavy (non-hydrogen) atoms. The Hall–Kier alpha value is -2.35. The van der Waals surface area contributed by atoms with Crippen LogP contribution in [0.25, 0.3) is 0 Å². The van der Waals surface area contributed by atoms with Gasteiger partial charge < -0.3 is 25.3 Å². The topological polar surface area (TPSA) is 97.4 Å². The Morgan fingerprint density at radius 2 is 2.38 bits per heavy atom. The van der Waals surface area contributed by atoms with E-state index >= 15 is 0 Å². The van der Waals surface area contributed by atoms with Crippen molar-refractivity contribution in [2.75, 3.05) is 26.8 Å². The van der Waals surface area contributed by atoms with E-state index in [-0.39, 0.29) is 30.6 Å². The summed E-state index contributed by atoms with van der Waals surface area (Å²) in [6.45, 7) is 0.799. The molecule has 1 atom stereocenters. The smallest absolute Gasteiger partial charge is 0.254 e. The van der Waals surface area contributed by atoms with Crippen molar-refractivity contribution in [3.63, 3.8) is 0 Å². The minimum atomic E-state index is -0.657. The first kappa shape index (κ1) is 15.0. The summed E-state index contributed by atoms with van der Waals surface area (Å²) in [7, 11) is 1.33. The van der Waals surface area contributed by atoms with Gasteiger partial charge in [-0.15, -0.1) is 0 Å². The van der Waals surface area contributed by atoms with Crippen LogP contribution in [0.5, 0.6) is 5.75 Å². The van der Waals surface area contributed by atoms with Gasteiger partial charge in [0.2, 0.25) is 0 Å². The number of methoxy groups -OCH3 is 1. The molecule has 7 nitrogen and oxygen atoms in total. The molecule has 1 heterocycles. The van der Waals surface area contributed by atoms with Gasteiger partial charge in [-0.2, -0.15) is 0 Å². The van der Waals surface area contributed by atoms with Gasteiger partial charge in [-0.05, 0) is 18.2 Å². The van der Waals surface area contributed by atoms with Gasteiger partial charge in [-0.25, -0.2) is 4.39 Å². The van der Waals surface area contributed by atoms with E-state index in [0.717, 1.165) is 0 Å². The maximum absolute atomic E-state index is 13.4. The molecule has 1 aromatic rings. The maximum atomic E-state index is 13.4. The maximum Gasteiger partial charge on any atom is 0.254 e. The van der Waals surface area contributed by atoms with Crippen LogP contribution in [-0.2, 0) is 4.74 Å². The lowest BCUT2D eigenvalue weighted by Crippen LogP contribution is -2.50. The van der Waals surface area contributed by atoms with E-state index in [9.17, 15) is 9.18 Å². The van der Waals surface area contributed by atoms with Crippen LogP contribution in [0.4, 0.5) is 4.39 Å². The summed E-state index contributed by atoms with van der Waals surface area (Å²) in [5.41, 5.74) is 5.78. The molecule has 1 aromatic carbocycles. The molecule has 0 aliphatic carbocycles. The number of hydrogen-bond donors (Lipinski definition) is 2. The average Bonchev–Trinajstić information content (AvgIpc) is 2.54. The number of oxime groups is 1. The number of carbonyl (C=O) groups is 1. The van der Waals surface area contributed by atoms with E-state index in [1.54, 1.807) is 0 Å². The summed E-state index contributed by atoms with van der Waals surface area (Å²) in [5, 5.41) is 11.5. The molecule has 0 spiro atoms. The number of halogens is 1. The van der Waals surface area contributed by atoms with Crippen molar-refractivity contribution in [1.29, 1.82) is 0 Å². The summed E-state index contributed by atoms with van der Waals surface area (Å²) in [4.78, 5) is 13.9. The van der Waals surface area contributed by atoms with Crippen molar-refractivity contribution in [3.8, 4) is 5.75 Å². The quantitative estimate of drug-likeness (QED) is 0.365. The van der Waals surface area contributed by atoms with Crippen molar-refractivity contribution in [2.24, 2.45) is 10.9 Å². The first-order valence-corrected chi connectivity index (χ1v) is 6.28. The molecule has 1 unspecified atom stereocenters. The Morgan fingerprint density at radius 1 is 1.62 bits per heavy atom. The minimum Gasteiger partial charge on any atom is -0.494 e. The molecule has 2 rings (SSSR count). The summed E-state index contributed by atoms with van der Waals surface area (Å²) in [6.07, 6.45) is -0.657. The molecule has 1 aliphatic heterocycles. The van der Waals surface area contributed by atoms with Crippen molar-refractivity contribution in [3.05, 3.63) is 29.6 Å². The van der Waals surface area contributed by atoms with Gasteiger partial charge in [0.25, 0.3) is 5.91 Å². The van der Waals surface area contributed by atoms with Crippen LogP contribution in [0, 0.1) is 5.82 Å². The Kier molecular flexibility index (Phi) is 4.59. The van der Waals surface area contributed by atoms with Crippen LogP contribution in [0.2, 0.25) is 0 Å². The SMILES string of the molecule is COc1cc(C(=O)N2CCOC(/C(N)=N/O)C2)ccc1F. The van der Waals surface area contributed by atoms with Gasteiger partial charge in [0.05, 0.1) is 20.3 Å². The zero-order chi connectivity index (χ0) is 15.4. The van der Waals surface area contributed by atoms with Crippen LogP contribution < -0.4 is 10.5 Å². The summed E-state index contributed by atoms with van der Waals surface area (Å²) in [5.74, 6) is -0.927. The second-order valence-corrected chi connectivity index (χ2v) is 4.48. The van der Waals surface area contributed by atoms with E-state index in [0.29, 0.717) is 12.1 Å². The largest absolute Gasteiger partial charge is 0.494 e. The van der Waals surface area contributed by atoms with Gasteiger partial charge in [-0.3, -0.25) is 4.79 Å². The molecule has 3 N–H and O–H groups in total. The second kappa shape index (κ2) is 6.40. The van der Waals surface area contributed by atoms with E-state index < -0.39 is 11.9 Å². The van der Waals surface area contributed by atoms with Crippen molar-refractivity contribution in [2.45, 2.75) is 6.10 Å². The molecule has 1 fully saturated rings. The van der Waals surface area contributed by atoms with Crippen molar-refractivity contribution >= 4 is 11.7 Å². The molecule has 0 aromatic heterocycles. The molecule has 8 heteroatoms. The zero-order valence-corrected chi connectivity index (χ0v) is 11.5. The van der Waals surface area contributed by atoms with Crippen LogP contribution in [0.3, 0.4) is 0 Å². The Morgan fingerprint density at radius 3 is 3.05 bits per heavy atom. The number of amides is 1. The van der Waals surface area contributed by atoms with E-state index in [1.165, 1.54) is 30.2 Å². The average molecular weight is 297 g/mol. The van der Waals surface area contributed by atoms with Gasteiger partial charge in [0.1, 0.15) is 6.10 Å². The minimum absolute atomic E-state index is 0.00194. The predicted octanol–water partition coefficient (Wildman–Crippen LogP) is 0.422. The van der Waals surface area contributed by atoms with E-state index in [1.807, 2.05) is 0 Å². The highest BCUT2D eigenvalue weighted by atomic mass is 19.1. The number of rotatable bonds is 3. The molecule has 114 valence electrons. The van der Waals surface area contributed by atoms with Crippen LogP contribution in [0.1, 0.15) is 10.4 Å². The molecule has 1 saturated heterocycles. The fourth-order valence-corrected chi connectivity index (χ4v) is 2.05. The molecule has 1 amide bonds. The monoisotopic (exact) mass is 297 g/mol. The highest BCUT2D eigenvalue weighted by Gasteiger charge is 2.28. The van der Waals surface area contributed by atoms with E-state index in [4.69, 9.17) is 20.4 Å². The highest BCUT2D eigenvalue weighted by molar-refractivity contribution is 5.95. The lowest BCUT2D eigenvalue weighted by molar-refractivity contribution is 0.00674. The molecule has 0 bridgehead atoms. The number of amidine groups is 1. The van der Waals surface area contributed by atoms with Crippen LogP contribution in [0.15, 0.2) is 23.4 Å². The fraction of sp³-hybridized carbons (Fsp3) is 0.385. The second-order valence-electron chi connectivity index (χ2n) is 4.48. The third-order valence-electron chi connectivity index (χ3n) is 3.20. The third kappa shape index (κ3) is 3.22. The standard InChI is InChI=1S/C13H16FN3O4/c1-20-10-6-8(2-3-9(10)14)13(18)17-4-5-21-11(7-17)12(15)16-19/h2-3,6,11,19H,4-5,7H2,1H3,(H2,15,16). The highest BCUT2D eigenvalue weighted by Crippen LogP contribution is 2.20. The first-order valence-electron chi connectivity index (χ1n) is 6.28. The van der Waals surface area contributed by atoms with E-state index in [2.05, 4.69) is 5.16 Å². The number of ether oxygens (including phenoxy) is 2. The predicted molar refractivity (Wildman–Crippen MR) is 72.0 cm³/mol. The zero-order valence-electron chi connectivity index (χ0n) is 11.5. The van der Waals surface area contributed by atoms with Gasteiger partial charge in [0, 0.05) is 12.1 Å². The van der Waals surface area contributed by atoms with Gasteiger partial charge in [-0.1, -0.05) is 5.16 Å². The number of hydrogen-bond acceptors (Lipinski definition) is 5. The van der Waals surface area contributed by atoms with Crippen LogP contribution in [-0.4, -0.2) is 54.8 Å². The number of nitrogens with zero attached hydrogens (tertiary/aromatic N) is 2. The normalized spacial score (nSPS) is 19.4. The Balaban J connectivity index is 2.16. The molecule has 1 aliphatic rings. The van der Waals surface area contributed by atoms with Gasteiger partial charge >= 0.3 is 0 Å². The molecule has 0 radical (unpaired) electrons. The summed E-state index contributed by atoms with van der Waals surface area (Å²) < 4.78 is 23.5. The lowest BCUT2D eigenvalue weighted by atomic mass is 10.1. The van der Waals surface area contributed by atoms with Crippen molar-refractivity contribution in [1.82, 2.24) is 4.90 Å². The number of benzene rings is 1. The third-order valence-corrected chi connectivity index (χ3v) is 3.20. The molecular formula is C13H16FN3O4. The lowest BCUT2D eigenvalue weighted by Gasteiger charge is -2.32. The van der Waals surface area contributed by atoms with Crippen molar-refractivity contribution < 1.29 is 23.9 Å². The molecular weight excluding hydrogens is 281 g/mol. The molecule has 0 saturated carbocycles. The Bertz CT molecular complexity index is 564. The first-order chi connectivity index (χ1) is 10.1. The number of carbonyl (C=O) groups excluding carboxylic acids is 1. The van der Waals surface area contributed by atoms with Gasteiger partial charge in [0.15, 0.2) is 17.4 Å². The summed E-state index contributed by atoms with van der Waals surface area (Å²) >= 11 is 0. The number of nitrogens with two attached hydrogens (primary N) is 1. The Labute approximate surface area is 120 Å². The number of morpholine rings is 1. The summed E-state index contributed by atoms with van der Waals surface area (Å²) in [6, 6.07) is 3.90.